The molecule has 0 saturated heterocycles. The fourth-order valence-electron chi connectivity index (χ4n) is 1.47. The molecule has 88 valence electrons. The van der Waals surface area contributed by atoms with Crippen LogP contribution >= 0.6 is 31.9 Å². The van der Waals surface area contributed by atoms with Crippen molar-refractivity contribution < 1.29 is 0 Å². The Kier molecular flexibility index (Phi) is 4.18. The van der Waals surface area contributed by atoms with Crippen LogP contribution in [0, 0.1) is 6.92 Å². The number of aromatic nitrogens is 1. The van der Waals surface area contributed by atoms with Crippen LogP contribution in [-0.2, 0) is 6.54 Å². The van der Waals surface area contributed by atoms with Gasteiger partial charge in [-0.2, -0.15) is 0 Å². The molecule has 2 aromatic rings. The van der Waals surface area contributed by atoms with Crippen LogP contribution in [0.2, 0.25) is 0 Å². The van der Waals surface area contributed by atoms with E-state index in [0.717, 1.165) is 27.0 Å². The number of halogens is 2. The van der Waals surface area contributed by atoms with Gasteiger partial charge in [0.25, 0.3) is 0 Å². The van der Waals surface area contributed by atoms with Gasteiger partial charge in [0.1, 0.15) is 5.82 Å². The predicted octanol–water partition coefficient (Wildman–Crippen LogP) is 4.53. The number of benzene rings is 1. The largest absolute Gasteiger partial charge is 0.366 e. The minimum absolute atomic E-state index is 0.759. The van der Waals surface area contributed by atoms with Crippen molar-refractivity contribution in [2.24, 2.45) is 0 Å². The Morgan fingerprint density at radius 1 is 1.06 bits per heavy atom. The lowest BCUT2D eigenvalue weighted by Gasteiger charge is -2.08. The van der Waals surface area contributed by atoms with Gasteiger partial charge in [0.2, 0.25) is 0 Å². The van der Waals surface area contributed by atoms with Crippen LogP contribution in [0.4, 0.5) is 5.82 Å². The quantitative estimate of drug-likeness (QED) is 0.875. The molecule has 2 nitrogen and oxygen atoms in total. The highest BCUT2D eigenvalue weighted by Gasteiger charge is 2.01. The third-order valence-corrected chi connectivity index (χ3v) is 4.05. The van der Waals surface area contributed by atoms with E-state index in [2.05, 4.69) is 48.2 Å². The maximum absolute atomic E-state index is 4.44. The van der Waals surface area contributed by atoms with E-state index in [-0.39, 0.29) is 0 Å². The first kappa shape index (κ1) is 12.6. The molecule has 0 aliphatic carbocycles. The van der Waals surface area contributed by atoms with Crippen molar-refractivity contribution in [3.8, 4) is 0 Å². The molecule has 0 saturated carbocycles. The summed E-state index contributed by atoms with van der Waals surface area (Å²) in [5.41, 5.74) is 2.21. The van der Waals surface area contributed by atoms with Crippen molar-refractivity contribution in [3.63, 3.8) is 0 Å². The standard InChI is InChI=1S/C13H12Br2N2/c1-9-11(14)6-7-13(17-9)16-8-10-4-2-3-5-12(10)15/h2-7H,8H2,1H3,(H,16,17). The zero-order valence-corrected chi connectivity index (χ0v) is 12.5. The molecule has 0 aliphatic heterocycles. The lowest BCUT2D eigenvalue weighted by Crippen LogP contribution is -2.02. The second-order valence-corrected chi connectivity index (χ2v) is 5.42. The van der Waals surface area contributed by atoms with Crippen LogP contribution in [-0.4, -0.2) is 4.98 Å². The van der Waals surface area contributed by atoms with Crippen LogP contribution < -0.4 is 5.32 Å². The Morgan fingerprint density at radius 3 is 2.53 bits per heavy atom. The summed E-state index contributed by atoms with van der Waals surface area (Å²) in [6.07, 6.45) is 0. The van der Waals surface area contributed by atoms with Crippen LogP contribution in [0.25, 0.3) is 0 Å². The van der Waals surface area contributed by atoms with Crippen molar-refractivity contribution in [1.29, 1.82) is 0 Å². The predicted molar refractivity (Wildman–Crippen MR) is 78.1 cm³/mol. The summed E-state index contributed by atoms with van der Waals surface area (Å²) in [6, 6.07) is 12.1. The van der Waals surface area contributed by atoms with Gasteiger partial charge in [-0.05, 0) is 46.6 Å². The molecule has 2 rings (SSSR count). The summed E-state index contributed by atoms with van der Waals surface area (Å²) in [5.74, 6) is 0.890. The van der Waals surface area contributed by atoms with Crippen LogP contribution in [0.15, 0.2) is 45.3 Å². The zero-order valence-electron chi connectivity index (χ0n) is 9.37. The summed E-state index contributed by atoms with van der Waals surface area (Å²) in [6.45, 7) is 2.74. The average molecular weight is 356 g/mol. The number of nitrogens with one attached hydrogen (secondary N) is 1. The third-order valence-electron chi connectivity index (χ3n) is 2.44. The van der Waals surface area contributed by atoms with E-state index in [1.807, 2.05) is 37.3 Å². The maximum Gasteiger partial charge on any atom is 0.126 e. The second kappa shape index (κ2) is 5.65. The summed E-state index contributed by atoms with van der Waals surface area (Å²) in [4.78, 5) is 4.44. The van der Waals surface area contributed by atoms with Gasteiger partial charge in [0, 0.05) is 15.5 Å². The average Bonchev–Trinajstić information content (AvgIpc) is 2.32. The van der Waals surface area contributed by atoms with E-state index >= 15 is 0 Å². The normalized spacial score (nSPS) is 10.3. The van der Waals surface area contributed by atoms with E-state index in [1.54, 1.807) is 0 Å². The van der Waals surface area contributed by atoms with E-state index in [9.17, 15) is 0 Å². The van der Waals surface area contributed by atoms with Gasteiger partial charge in [-0.3, -0.25) is 0 Å². The summed E-state index contributed by atoms with van der Waals surface area (Å²) in [5, 5.41) is 3.31. The fourth-order valence-corrected chi connectivity index (χ4v) is 2.12. The third kappa shape index (κ3) is 3.30. The van der Waals surface area contributed by atoms with E-state index in [1.165, 1.54) is 5.56 Å². The number of pyridine rings is 1. The Morgan fingerprint density at radius 2 is 1.82 bits per heavy atom. The number of anilines is 1. The molecule has 0 spiro atoms. The molecule has 1 aromatic heterocycles. The zero-order chi connectivity index (χ0) is 12.3. The smallest absolute Gasteiger partial charge is 0.126 e. The SMILES string of the molecule is Cc1nc(NCc2ccccc2Br)ccc1Br. The van der Waals surface area contributed by atoms with Crippen molar-refractivity contribution in [3.05, 3.63) is 56.6 Å². The second-order valence-electron chi connectivity index (χ2n) is 3.71. The molecule has 0 unspecified atom stereocenters. The first-order valence-electron chi connectivity index (χ1n) is 5.27. The van der Waals surface area contributed by atoms with Gasteiger partial charge < -0.3 is 5.32 Å². The van der Waals surface area contributed by atoms with Gasteiger partial charge in [0.15, 0.2) is 0 Å². The summed E-state index contributed by atoms with van der Waals surface area (Å²) < 4.78 is 2.14. The van der Waals surface area contributed by atoms with E-state index < -0.39 is 0 Å². The molecule has 0 fully saturated rings. The molecular weight excluding hydrogens is 344 g/mol. The van der Waals surface area contributed by atoms with Gasteiger partial charge in [-0.25, -0.2) is 4.98 Å². The van der Waals surface area contributed by atoms with Crippen molar-refractivity contribution >= 4 is 37.7 Å². The molecule has 17 heavy (non-hydrogen) atoms. The number of aryl methyl sites for hydroxylation is 1. The van der Waals surface area contributed by atoms with Gasteiger partial charge in [0.05, 0.1) is 5.69 Å². The molecule has 1 heterocycles. The Labute approximate surface area is 118 Å². The number of hydrogen-bond donors (Lipinski definition) is 1. The first-order chi connectivity index (χ1) is 8.16. The minimum Gasteiger partial charge on any atom is -0.366 e. The topological polar surface area (TPSA) is 24.9 Å². The Balaban J connectivity index is 2.08. The fraction of sp³-hybridized carbons (Fsp3) is 0.154. The minimum atomic E-state index is 0.759. The summed E-state index contributed by atoms with van der Waals surface area (Å²) >= 11 is 6.97. The highest BCUT2D eigenvalue weighted by atomic mass is 79.9. The van der Waals surface area contributed by atoms with E-state index in [0.29, 0.717) is 0 Å². The highest BCUT2D eigenvalue weighted by Crippen LogP contribution is 2.19. The molecule has 1 N–H and O–H groups in total. The molecule has 0 aliphatic rings. The van der Waals surface area contributed by atoms with Crippen molar-refractivity contribution in [2.45, 2.75) is 13.5 Å². The van der Waals surface area contributed by atoms with Crippen LogP contribution in [0.3, 0.4) is 0 Å². The Hall–Kier alpha value is -0.870. The lowest BCUT2D eigenvalue weighted by molar-refractivity contribution is 1.08. The lowest BCUT2D eigenvalue weighted by atomic mass is 10.2. The van der Waals surface area contributed by atoms with E-state index in [4.69, 9.17) is 0 Å². The van der Waals surface area contributed by atoms with Crippen LogP contribution in [0.1, 0.15) is 11.3 Å². The molecular formula is C13H12Br2N2. The number of hydrogen-bond acceptors (Lipinski definition) is 2. The van der Waals surface area contributed by atoms with Gasteiger partial charge in [-0.15, -0.1) is 0 Å². The van der Waals surface area contributed by atoms with Crippen molar-refractivity contribution in [1.82, 2.24) is 4.98 Å². The molecule has 1 aromatic carbocycles. The van der Waals surface area contributed by atoms with Gasteiger partial charge >= 0.3 is 0 Å². The van der Waals surface area contributed by atoms with Crippen LogP contribution in [0.5, 0.6) is 0 Å². The monoisotopic (exact) mass is 354 g/mol. The molecule has 0 atom stereocenters. The van der Waals surface area contributed by atoms with Crippen molar-refractivity contribution in [2.75, 3.05) is 5.32 Å². The Bertz CT molecular complexity index is 527. The molecule has 0 amide bonds. The molecule has 0 bridgehead atoms. The van der Waals surface area contributed by atoms with Gasteiger partial charge in [-0.1, -0.05) is 34.1 Å². The highest BCUT2D eigenvalue weighted by molar-refractivity contribution is 9.10. The summed E-state index contributed by atoms with van der Waals surface area (Å²) in [7, 11) is 0. The number of rotatable bonds is 3. The maximum atomic E-state index is 4.44. The molecule has 0 radical (unpaired) electrons. The number of nitrogens with zero attached hydrogens (tertiary/aromatic N) is 1. The molecule has 4 heteroatoms. The first-order valence-corrected chi connectivity index (χ1v) is 6.86.